The standard InChI is InChI=1S/C59H42N2/c1-58(2)52-34-29-37-17-10-11-22-41(37)55(52)48-27-16-26-47(56(48)58)44-31-32-46(43-24-13-12-23-42(43)44)54-36-53(60-57(61-54)38-18-6-4-7-19-38)39-30-33-51-49(35-39)45-25-14-15-28-50(45)59(51,3)40-20-8-5-9-21-40/h4-36H,1-3H3. The lowest BCUT2D eigenvalue weighted by Gasteiger charge is -2.28. The molecule has 0 fully saturated rings. The number of hydrogen-bond donors (Lipinski definition) is 0. The molecular weight excluding hydrogens is 737 g/mol. The highest BCUT2D eigenvalue weighted by Crippen LogP contribution is 2.56. The Hall–Kier alpha value is -7.42. The molecule has 1 aromatic heterocycles. The minimum Gasteiger partial charge on any atom is -0.228 e. The molecule has 10 aromatic rings. The zero-order chi connectivity index (χ0) is 40.9. The van der Waals surface area contributed by atoms with Crippen LogP contribution < -0.4 is 0 Å². The highest BCUT2D eigenvalue weighted by molar-refractivity contribution is 6.09. The largest absolute Gasteiger partial charge is 0.228 e. The molecule has 1 unspecified atom stereocenters. The number of hydrogen-bond acceptors (Lipinski definition) is 2. The predicted molar refractivity (Wildman–Crippen MR) is 254 cm³/mol. The maximum atomic E-state index is 5.35. The summed E-state index contributed by atoms with van der Waals surface area (Å²) in [5.41, 5.74) is 19.0. The van der Waals surface area contributed by atoms with Crippen molar-refractivity contribution in [1.82, 2.24) is 9.97 Å². The van der Waals surface area contributed by atoms with Crippen LogP contribution in [0.15, 0.2) is 200 Å². The average molecular weight is 779 g/mol. The number of nitrogens with zero attached hydrogens (tertiary/aromatic N) is 2. The topological polar surface area (TPSA) is 25.8 Å². The number of rotatable bonds is 5. The van der Waals surface area contributed by atoms with Crippen LogP contribution in [0.1, 0.15) is 48.6 Å². The van der Waals surface area contributed by atoms with Gasteiger partial charge >= 0.3 is 0 Å². The summed E-state index contributed by atoms with van der Waals surface area (Å²) in [5, 5.41) is 4.97. The molecule has 288 valence electrons. The molecule has 9 aromatic carbocycles. The van der Waals surface area contributed by atoms with Crippen molar-refractivity contribution in [2.24, 2.45) is 0 Å². The van der Waals surface area contributed by atoms with Gasteiger partial charge in [-0.3, -0.25) is 0 Å². The van der Waals surface area contributed by atoms with Crippen molar-refractivity contribution in [2.45, 2.75) is 31.6 Å². The van der Waals surface area contributed by atoms with Crippen LogP contribution in [-0.4, -0.2) is 9.97 Å². The maximum Gasteiger partial charge on any atom is 0.160 e. The van der Waals surface area contributed by atoms with E-state index in [-0.39, 0.29) is 10.8 Å². The third-order valence-electron chi connectivity index (χ3n) is 13.8. The second-order valence-electron chi connectivity index (χ2n) is 17.4. The van der Waals surface area contributed by atoms with E-state index in [0.29, 0.717) is 5.82 Å². The summed E-state index contributed by atoms with van der Waals surface area (Å²) in [6.45, 7) is 7.14. The lowest BCUT2D eigenvalue weighted by atomic mass is 9.74. The van der Waals surface area contributed by atoms with Crippen LogP contribution in [0.4, 0.5) is 0 Å². The highest BCUT2D eigenvalue weighted by atomic mass is 14.9. The van der Waals surface area contributed by atoms with Gasteiger partial charge in [-0.25, -0.2) is 9.97 Å². The van der Waals surface area contributed by atoms with E-state index in [2.05, 4.69) is 215 Å². The minimum atomic E-state index is -0.261. The molecule has 2 aliphatic carbocycles. The second kappa shape index (κ2) is 13.3. The third-order valence-corrected chi connectivity index (χ3v) is 13.8. The first-order valence-electron chi connectivity index (χ1n) is 21.3. The van der Waals surface area contributed by atoms with Gasteiger partial charge in [0.05, 0.1) is 11.4 Å². The Bertz CT molecular complexity index is 3400. The SMILES string of the molecule is CC1(C)c2ccc3ccccc3c2-c2cccc(-c3ccc(-c4cc(-c5ccc6c(c5)-c5ccccc5C6(C)c5ccccc5)nc(-c5ccccc5)n4)c4ccccc34)c21. The molecule has 0 saturated carbocycles. The Labute approximate surface area is 356 Å². The van der Waals surface area contributed by atoms with E-state index in [1.165, 1.54) is 82.7 Å². The minimum absolute atomic E-state index is 0.174. The van der Waals surface area contributed by atoms with Crippen LogP contribution >= 0.6 is 0 Å². The average Bonchev–Trinajstić information content (AvgIpc) is 3.73. The normalized spacial score (nSPS) is 15.7. The van der Waals surface area contributed by atoms with Gasteiger partial charge in [-0.05, 0) is 102 Å². The number of aromatic nitrogens is 2. The fourth-order valence-electron chi connectivity index (χ4n) is 10.8. The first kappa shape index (κ1) is 35.5. The molecular formula is C59H42N2. The van der Waals surface area contributed by atoms with Crippen molar-refractivity contribution in [1.29, 1.82) is 0 Å². The molecule has 61 heavy (non-hydrogen) atoms. The first-order chi connectivity index (χ1) is 29.9. The summed E-state index contributed by atoms with van der Waals surface area (Å²) in [5.74, 6) is 0.712. The summed E-state index contributed by atoms with van der Waals surface area (Å²) in [4.78, 5) is 10.7. The molecule has 1 heterocycles. The van der Waals surface area contributed by atoms with Crippen molar-refractivity contribution in [2.75, 3.05) is 0 Å². The molecule has 0 radical (unpaired) electrons. The zero-order valence-corrected chi connectivity index (χ0v) is 34.4. The monoisotopic (exact) mass is 778 g/mol. The van der Waals surface area contributed by atoms with Gasteiger partial charge in [0.1, 0.15) is 0 Å². The van der Waals surface area contributed by atoms with Crippen LogP contribution in [0.2, 0.25) is 0 Å². The first-order valence-corrected chi connectivity index (χ1v) is 21.3. The van der Waals surface area contributed by atoms with Crippen molar-refractivity contribution >= 4 is 21.5 Å². The molecule has 12 rings (SSSR count). The molecule has 0 amide bonds. The van der Waals surface area contributed by atoms with Gasteiger partial charge in [-0.2, -0.15) is 0 Å². The lowest BCUT2D eigenvalue weighted by molar-refractivity contribution is 0.662. The van der Waals surface area contributed by atoms with Crippen LogP contribution in [0, 0.1) is 0 Å². The van der Waals surface area contributed by atoms with Crippen molar-refractivity contribution < 1.29 is 0 Å². The van der Waals surface area contributed by atoms with E-state index in [4.69, 9.17) is 9.97 Å². The fourth-order valence-corrected chi connectivity index (χ4v) is 10.8. The fraction of sp³-hybridized carbons (Fsp3) is 0.0847. The van der Waals surface area contributed by atoms with E-state index in [1.54, 1.807) is 0 Å². The van der Waals surface area contributed by atoms with Crippen molar-refractivity contribution in [3.8, 4) is 67.3 Å². The van der Waals surface area contributed by atoms with Gasteiger partial charge in [-0.1, -0.05) is 202 Å². The van der Waals surface area contributed by atoms with Gasteiger partial charge in [0, 0.05) is 27.5 Å². The molecule has 2 aliphatic rings. The predicted octanol–water partition coefficient (Wildman–Crippen LogP) is 15.1. The summed E-state index contributed by atoms with van der Waals surface area (Å²) in [6.07, 6.45) is 0. The molecule has 0 aliphatic heterocycles. The molecule has 1 atom stereocenters. The number of fused-ring (bicyclic) bond motifs is 9. The Morgan fingerprint density at radius 2 is 0.967 bits per heavy atom. The van der Waals surface area contributed by atoms with E-state index in [0.717, 1.165) is 28.1 Å². The quantitative estimate of drug-likeness (QED) is 0.174. The molecule has 0 N–H and O–H groups in total. The summed E-state index contributed by atoms with van der Waals surface area (Å²) >= 11 is 0. The second-order valence-corrected chi connectivity index (χ2v) is 17.4. The van der Waals surface area contributed by atoms with Gasteiger partial charge in [0.25, 0.3) is 0 Å². The molecule has 2 heteroatoms. The van der Waals surface area contributed by atoms with Crippen LogP contribution in [-0.2, 0) is 10.8 Å². The Morgan fingerprint density at radius 1 is 0.361 bits per heavy atom. The van der Waals surface area contributed by atoms with E-state index < -0.39 is 0 Å². The molecule has 2 nitrogen and oxygen atoms in total. The van der Waals surface area contributed by atoms with Crippen LogP contribution in [0.25, 0.3) is 88.8 Å². The van der Waals surface area contributed by atoms with Gasteiger partial charge in [-0.15, -0.1) is 0 Å². The summed E-state index contributed by atoms with van der Waals surface area (Å²) in [7, 11) is 0. The number of benzene rings is 9. The summed E-state index contributed by atoms with van der Waals surface area (Å²) in [6, 6.07) is 73.1. The van der Waals surface area contributed by atoms with E-state index in [9.17, 15) is 0 Å². The maximum absolute atomic E-state index is 5.35. The molecule has 0 bridgehead atoms. The van der Waals surface area contributed by atoms with E-state index >= 15 is 0 Å². The van der Waals surface area contributed by atoms with Gasteiger partial charge < -0.3 is 0 Å². The highest BCUT2D eigenvalue weighted by Gasteiger charge is 2.41. The molecule has 0 saturated heterocycles. The van der Waals surface area contributed by atoms with Crippen molar-refractivity contribution in [3.05, 3.63) is 228 Å². The van der Waals surface area contributed by atoms with Gasteiger partial charge in [0.2, 0.25) is 0 Å². The van der Waals surface area contributed by atoms with Crippen LogP contribution in [0.5, 0.6) is 0 Å². The van der Waals surface area contributed by atoms with E-state index in [1.807, 2.05) is 6.07 Å². The summed E-state index contributed by atoms with van der Waals surface area (Å²) < 4.78 is 0. The smallest absolute Gasteiger partial charge is 0.160 e. The zero-order valence-electron chi connectivity index (χ0n) is 34.4. The third kappa shape index (κ3) is 5.22. The van der Waals surface area contributed by atoms with Crippen LogP contribution in [0.3, 0.4) is 0 Å². The van der Waals surface area contributed by atoms with Gasteiger partial charge in [0.15, 0.2) is 5.82 Å². The Balaban J connectivity index is 1.04. The molecule has 0 spiro atoms. The lowest BCUT2D eigenvalue weighted by Crippen LogP contribution is -2.22. The Kier molecular flexibility index (Phi) is 7.74. The Morgan fingerprint density at radius 3 is 1.79 bits per heavy atom. The van der Waals surface area contributed by atoms with Crippen molar-refractivity contribution in [3.63, 3.8) is 0 Å².